The van der Waals surface area contributed by atoms with Crippen LogP contribution in [0.2, 0.25) is 0 Å². The van der Waals surface area contributed by atoms with Crippen molar-refractivity contribution < 1.29 is 18.0 Å². The first-order valence-electron chi connectivity index (χ1n) is 5.85. The molecule has 0 amide bonds. The van der Waals surface area contributed by atoms with Crippen LogP contribution in [0.4, 0.5) is 13.2 Å². The highest BCUT2D eigenvalue weighted by Crippen LogP contribution is 2.17. The Balaban J connectivity index is 2.11. The van der Waals surface area contributed by atoms with Crippen LogP contribution in [-0.4, -0.2) is 5.78 Å². The number of hydrogen-bond acceptors (Lipinski definition) is 1. The fourth-order valence-corrected chi connectivity index (χ4v) is 2.41. The average Bonchev–Trinajstić information content (AvgIpc) is 2.33. The Morgan fingerprint density at radius 3 is 2.50 bits per heavy atom. The van der Waals surface area contributed by atoms with E-state index in [-0.39, 0.29) is 24.2 Å². The monoisotopic (exact) mass is 342 g/mol. The first-order valence-corrected chi connectivity index (χ1v) is 6.64. The topological polar surface area (TPSA) is 17.1 Å². The van der Waals surface area contributed by atoms with E-state index in [4.69, 9.17) is 0 Å². The highest BCUT2D eigenvalue weighted by atomic mass is 79.9. The van der Waals surface area contributed by atoms with E-state index in [2.05, 4.69) is 15.9 Å². The van der Waals surface area contributed by atoms with Gasteiger partial charge in [-0.15, -0.1) is 0 Å². The van der Waals surface area contributed by atoms with Gasteiger partial charge in [-0.3, -0.25) is 4.79 Å². The number of benzene rings is 2. The summed E-state index contributed by atoms with van der Waals surface area (Å²) in [5, 5.41) is 0. The normalized spacial score (nSPS) is 10.6. The maximum Gasteiger partial charge on any atom is 0.162 e. The SMILES string of the molecule is O=C(Cc1cc(F)cc(Br)c1)Cc1cccc(F)c1F. The van der Waals surface area contributed by atoms with E-state index >= 15 is 0 Å². The van der Waals surface area contributed by atoms with Crippen molar-refractivity contribution in [3.63, 3.8) is 0 Å². The van der Waals surface area contributed by atoms with Gasteiger partial charge in [0, 0.05) is 17.3 Å². The first-order chi connectivity index (χ1) is 9.45. The second kappa shape index (κ2) is 6.22. The van der Waals surface area contributed by atoms with Gasteiger partial charge in [0.2, 0.25) is 0 Å². The summed E-state index contributed by atoms with van der Waals surface area (Å²) in [6, 6.07) is 7.83. The fourth-order valence-electron chi connectivity index (χ4n) is 1.90. The van der Waals surface area contributed by atoms with Crippen molar-refractivity contribution in [1.29, 1.82) is 0 Å². The van der Waals surface area contributed by atoms with E-state index in [0.717, 1.165) is 6.07 Å². The molecule has 0 radical (unpaired) electrons. The molecule has 2 aromatic rings. The summed E-state index contributed by atoms with van der Waals surface area (Å²) in [6.45, 7) is 0. The van der Waals surface area contributed by atoms with E-state index in [0.29, 0.717) is 10.0 Å². The number of carbonyl (C=O) groups excluding carboxylic acids is 1. The summed E-state index contributed by atoms with van der Waals surface area (Å²) in [4.78, 5) is 11.8. The summed E-state index contributed by atoms with van der Waals surface area (Å²) in [5.74, 6) is -2.77. The number of carbonyl (C=O) groups is 1. The van der Waals surface area contributed by atoms with Crippen LogP contribution >= 0.6 is 15.9 Å². The molecule has 104 valence electrons. The van der Waals surface area contributed by atoms with Gasteiger partial charge in [-0.25, -0.2) is 13.2 Å². The third-order valence-electron chi connectivity index (χ3n) is 2.74. The molecule has 0 saturated carbocycles. The predicted octanol–water partition coefficient (Wildman–Crippen LogP) is 4.22. The molecule has 0 fully saturated rings. The highest BCUT2D eigenvalue weighted by Gasteiger charge is 2.12. The van der Waals surface area contributed by atoms with Gasteiger partial charge in [0.1, 0.15) is 11.6 Å². The second-order valence-electron chi connectivity index (χ2n) is 4.38. The van der Waals surface area contributed by atoms with Gasteiger partial charge in [-0.05, 0) is 35.4 Å². The van der Waals surface area contributed by atoms with Gasteiger partial charge in [-0.2, -0.15) is 0 Å². The van der Waals surface area contributed by atoms with Crippen LogP contribution in [0.25, 0.3) is 0 Å². The highest BCUT2D eigenvalue weighted by molar-refractivity contribution is 9.10. The molecule has 0 unspecified atom stereocenters. The number of hydrogen-bond donors (Lipinski definition) is 0. The van der Waals surface area contributed by atoms with Gasteiger partial charge in [-0.1, -0.05) is 28.1 Å². The Bertz CT molecular complexity index is 635. The number of halogens is 4. The molecule has 20 heavy (non-hydrogen) atoms. The predicted molar refractivity (Wildman–Crippen MR) is 72.9 cm³/mol. The minimum atomic E-state index is -1.01. The van der Waals surface area contributed by atoms with Crippen LogP contribution in [0, 0.1) is 17.5 Å². The lowest BCUT2D eigenvalue weighted by atomic mass is 10.0. The van der Waals surface area contributed by atoms with Crippen LogP contribution in [0.1, 0.15) is 11.1 Å². The van der Waals surface area contributed by atoms with Crippen LogP contribution < -0.4 is 0 Å². The molecular weight excluding hydrogens is 333 g/mol. The van der Waals surface area contributed by atoms with Crippen molar-refractivity contribution in [2.45, 2.75) is 12.8 Å². The number of ketones is 1. The summed E-state index contributed by atoms with van der Waals surface area (Å²) in [6.07, 6.45) is -0.260. The maximum absolute atomic E-state index is 13.4. The zero-order valence-corrected chi connectivity index (χ0v) is 11.9. The van der Waals surface area contributed by atoms with Gasteiger partial charge < -0.3 is 0 Å². The van der Waals surface area contributed by atoms with E-state index in [1.54, 1.807) is 6.07 Å². The lowest BCUT2D eigenvalue weighted by Gasteiger charge is -2.05. The lowest BCUT2D eigenvalue weighted by Crippen LogP contribution is -2.09. The van der Waals surface area contributed by atoms with E-state index < -0.39 is 17.5 Å². The Morgan fingerprint density at radius 2 is 1.80 bits per heavy atom. The third-order valence-corrected chi connectivity index (χ3v) is 3.20. The molecule has 2 aromatic carbocycles. The third kappa shape index (κ3) is 3.70. The summed E-state index contributed by atoms with van der Waals surface area (Å²) < 4.78 is 40.2. The lowest BCUT2D eigenvalue weighted by molar-refractivity contribution is -0.117. The first kappa shape index (κ1) is 14.8. The minimum absolute atomic E-state index is 0.00506. The molecule has 0 heterocycles. The quantitative estimate of drug-likeness (QED) is 0.812. The average molecular weight is 343 g/mol. The van der Waals surface area contributed by atoms with Gasteiger partial charge in [0.15, 0.2) is 11.6 Å². The molecule has 0 aliphatic rings. The molecule has 0 N–H and O–H groups in total. The van der Waals surface area contributed by atoms with Gasteiger partial charge in [0.05, 0.1) is 0 Å². The van der Waals surface area contributed by atoms with Crippen molar-refractivity contribution in [2.75, 3.05) is 0 Å². The molecule has 0 aromatic heterocycles. The molecule has 0 aliphatic heterocycles. The van der Waals surface area contributed by atoms with Crippen LogP contribution in [0.15, 0.2) is 40.9 Å². The molecule has 0 spiro atoms. The van der Waals surface area contributed by atoms with E-state index in [1.165, 1.54) is 24.3 Å². The van der Waals surface area contributed by atoms with Crippen molar-refractivity contribution in [2.24, 2.45) is 0 Å². The smallest absolute Gasteiger partial charge is 0.162 e. The molecule has 0 atom stereocenters. The van der Waals surface area contributed by atoms with E-state index in [1.807, 2.05) is 0 Å². The van der Waals surface area contributed by atoms with Crippen LogP contribution in [0.5, 0.6) is 0 Å². The Morgan fingerprint density at radius 1 is 1.05 bits per heavy atom. The largest absolute Gasteiger partial charge is 0.299 e. The maximum atomic E-state index is 13.4. The van der Waals surface area contributed by atoms with Crippen molar-refractivity contribution in [3.8, 4) is 0 Å². The summed E-state index contributed by atoms with van der Waals surface area (Å²) in [5.41, 5.74) is 0.490. The summed E-state index contributed by atoms with van der Waals surface area (Å²) in [7, 11) is 0. The Kier molecular flexibility index (Phi) is 4.60. The molecule has 2 rings (SSSR count). The Hall–Kier alpha value is -1.62. The van der Waals surface area contributed by atoms with Crippen LogP contribution in [0.3, 0.4) is 0 Å². The van der Waals surface area contributed by atoms with E-state index in [9.17, 15) is 18.0 Å². The number of Topliss-reactive ketones (excluding diaryl/α,β-unsaturated/α-hetero) is 1. The molecular formula is C15H10BrF3O. The zero-order valence-electron chi connectivity index (χ0n) is 10.3. The van der Waals surface area contributed by atoms with Crippen molar-refractivity contribution in [1.82, 2.24) is 0 Å². The molecule has 1 nitrogen and oxygen atoms in total. The molecule has 0 aliphatic carbocycles. The summed E-state index contributed by atoms with van der Waals surface area (Å²) >= 11 is 3.13. The second-order valence-corrected chi connectivity index (χ2v) is 5.30. The van der Waals surface area contributed by atoms with Gasteiger partial charge in [0.25, 0.3) is 0 Å². The molecule has 0 bridgehead atoms. The molecule has 5 heteroatoms. The Labute approximate surface area is 122 Å². The standard InChI is InChI=1S/C15H10BrF3O/c16-11-4-9(5-12(17)8-11)6-13(20)7-10-2-1-3-14(18)15(10)19/h1-5,8H,6-7H2. The molecule has 0 saturated heterocycles. The number of rotatable bonds is 4. The zero-order chi connectivity index (χ0) is 14.7. The van der Waals surface area contributed by atoms with Crippen molar-refractivity contribution in [3.05, 3.63) is 69.4 Å². The minimum Gasteiger partial charge on any atom is -0.299 e. The van der Waals surface area contributed by atoms with Gasteiger partial charge >= 0.3 is 0 Å². The fraction of sp³-hybridized carbons (Fsp3) is 0.133. The van der Waals surface area contributed by atoms with Crippen molar-refractivity contribution >= 4 is 21.7 Å². The van der Waals surface area contributed by atoms with Crippen LogP contribution in [-0.2, 0) is 17.6 Å².